The van der Waals surface area contributed by atoms with E-state index in [-0.39, 0.29) is 17.1 Å². The summed E-state index contributed by atoms with van der Waals surface area (Å²) in [7, 11) is -0.0846. The van der Waals surface area contributed by atoms with Crippen molar-refractivity contribution >= 4 is 8.32 Å². The summed E-state index contributed by atoms with van der Waals surface area (Å²) in [5, 5.41) is 0.212. The van der Waals surface area contributed by atoms with E-state index in [0.717, 1.165) is 16.9 Å². The van der Waals surface area contributed by atoms with Gasteiger partial charge in [0.15, 0.2) is 8.32 Å². The molecule has 1 aliphatic rings. The van der Waals surface area contributed by atoms with Crippen molar-refractivity contribution in [3.05, 3.63) is 42.0 Å². The van der Waals surface area contributed by atoms with E-state index < -0.39 is 8.32 Å². The molecule has 0 amide bonds. The highest BCUT2D eigenvalue weighted by molar-refractivity contribution is 6.74. The van der Waals surface area contributed by atoms with Gasteiger partial charge in [-0.15, -0.1) is 0 Å². The number of hydrogen-bond donors (Lipinski definition) is 0. The molecule has 3 nitrogen and oxygen atoms in total. The summed E-state index contributed by atoms with van der Waals surface area (Å²) < 4.78 is 17.6. The predicted molar refractivity (Wildman–Crippen MR) is 97.5 cm³/mol. The molecule has 1 heterocycles. The monoisotopic (exact) mass is 334 g/mol. The molecule has 23 heavy (non-hydrogen) atoms. The zero-order chi connectivity index (χ0) is 17.3. The molecule has 0 aliphatic carbocycles. The average molecular weight is 335 g/mol. The molecule has 1 fully saturated rings. The van der Waals surface area contributed by atoms with Crippen LogP contribution in [0.25, 0.3) is 0 Å². The minimum absolute atomic E-state index is 0.0261. The second-order valence-electron chi connectivity index (χ2n) is 7.84. The summed E-state index contributed by atoms with van der Waals surface area (Å²) in [6.07, 6.45) is 0.0261. The quantitative estimate of drug-likeness (QED) is 0.562. The normalized spacial score (nSPS) is 22.4. The van der Waals surface area contributed by atoms with E-state index in [1.54, 1.807) is 7.11 Å². The van der Waals surface area contributed by atoms with E-state index in [1.165, 1.54) is 0 Å². The van der Waals surface area contributed by atoms with Crippen LogP contribution in [0, 0.1) is 5.92 Å². The van der Waals surface area contributed by atoms with Crippen molar-refractivity contribution < 1.29 is 13.9 Å². The van der Waals surface area contributed by atoms with E-state index >= 15 is 0 Å². The largest absolute Gasteiger partial charge is 0.497 e. The van der Waals surface area contributed by atoms with Gasteiger partial charge in [-0.3, -0.25) is 0 Å². The third kappa shape index (κ3) is 4.06. The van der Waals surface area contributed by atoms with Crippen LogP contribution in [0.3, 0.4) is 0 Å². The Morgan fingerprint density at radius 3 is 2.35 bits per heavy atom. The number of methoxy groups -OCH3 is 1. The number of rotatable bonds is 5. The maximum Gasteiger partial charge on any atom is 0.192 e. The Morgan fingerprint density at radius 2 is 1.83 bits per heavy atom. The molecule has 0 saturated carbocycles. The average Bonchev–Trinajstić information content (AvgIpc) is 2.85. The molecule has 0 radical (unpaired) electrons. The SMILES string of the molecule is C=C1CO[C@H](c2ccc(OC)cc2)[C@H]1CO[Si](C)(C)C(C)(C)C. The smallest absolute Gasteiger partial charge is 0.192 e. The Kier molecular flexibility index (Phi) is 5.39. The van der Waals surface area contributed by atoms with Gasteiger partial charge in [0.1, 0.15) is 5.75 Å². The van der Waals surface area contributed by atoms with Crippen molar-refractivity contribution in [1.82, 2.24) is 0 Å². The van der Waals surface area contributed by atoms with E-state index in [0.29, 0.717) is 13.2 Å². The first-order valence-corrected chi connectivity index (χ1v) is 11.1. The first kappa shape index (κ1) is 18.2. The van der Waals surface area contributed by atoms with Gasteiger partial charge in [0, 0.05) is 12.5 Å². The highest BCUT2D eigenvalue weighted by atomic mass is 28.4. The second-order valence-corrected chi connectivity index (χ2v) is 12.7. The van der Waals surface area contributed by atoms with Crippen LogP contribution in [0.1, 0.15) is 32.4 Å². The minimum atomic E-state index is -1.76. The summed E-state index contributed by atoms with van der Waals surface area (Å²) >= 11 is 0. The Morgan fingerprint density at radius 1 is 1.22 bits per heavy atom. The van der Waals surface area contributed by atoms with Crippen LogP contribution < -0.4 is 4.74 Å². The topological polar surface area (TPSA) is 27.7 Å². The van der Waals surface area contributed by atoms with Crippen molar-refractivity contribution in [3.8, 4) is 5.75 Å². The standard InChI is InChI=1S/C19H30O3Si/c1-14-12-21-18(15-8-10-16(20-5)11-9-15)17(14)13-22-23(6,7)19(2,3)4/h8-11,17-18H,1,12-13H2,2-7H3/t17-,18+/m0/s1. The van der Waals surface area contributed by atoms with Gasteiger partial charge in [-0.2, -0.15) is 0 Å². The summed E-state index contributed by atoms with van der Waals surface area (Å²) in [5.74, 6) is 1.08. The second kappa shape index (κ2) is 6.79. The molecule has 0 bridgehead atoms. The lowest BCUT2D eigenvalue weighted by Gasteiger charge is -2.37. The molecule has 0 N–H and O–H groups in total. The first-order chi connectivity index (χ1) is 10.7. The van der Waals surface area contributed by atoms with E-state index in [9.17, 15) is 0 Å². The number of hydrogen-bond acceptors (Lipinski definition) is 3. The van der Waals surface area contributed by atoms with Crippen LogP contribution in [-0.4, -0.2) is 28.6 Å². The van der Waals surface area contributed by atoms with Crippen LogP contribution in [0.15, 0.2) is 36.4 Å². The van der Waals surface area contributed by atoms with Crippen molar-refractivity contribution in [3.63, 3.8) is 0 Å². The third-order valence-corrected chi connectivity index (χ3v) is 9.71. The van der Waals surface area contributed by atoms with Gasteiger partial charge in [0.05, 0.1) is 19.8 Å². The molecule has 1 aliphatic heterocycles. The van der Waals surface area contributed by atoms with Gasteiger partial charge in [0.2, 0.25) is 0 Å². The molecule has 4 heteroatoms. The first-order valence-electron chi connectivity index (χ1n) is 8.23. The highest BCUT2D eigenvalue weighted by Crippen LogP contribution is 2.41. The summed E-state index contributed by atoms with van der Waals surface area (Å²) in [5.41, 5.74) is 2.29. The van der Waals surface area contributed by atoms with Gasteiger partial charge in [0.25, 0.3) is 0 Å². The molecule has 1 aromatic rings. The lowest BCUT2D eigenvalue weighted by Crippen LogP contribution is -2.42. The van der Waals surface area contributed by atoms with Gasteiger partial charge in [-0.1, -0.05) is 39.5 Å². The van der Waals surface area contributed by atoms with Gasteiger partial charge < -0.3 is 13.9 Å². The lowest BCUT2D eigenvalue weighted by molar-refractivity contribution is 0.0738. The van der Waals surface area contributed by atoms with E-state index in [4.69, 9.17) is 13.9 Å². The van der Waals surface area contributed by atoms with Crippen LogP contribution in [0.5, 0.6) is 5.75 Å². The molecule has 1 saturated heterocycles. The molecule has 2 rings (SSSR count). The Labute approximate surface area is 141 Å². The van der Waals surface area contributed by atoms with E-state index in [1.807, 2.05) is 12.1 Å². The molecule has 2 atom stereocenters. The molecule has 0 unspecified atom stereocenters. The summed E-state index contributed by atoms with van der Waals surface area (Å²) in [4.78, 5) is 0. The Hall–Kier alpha value is -1.10. The fourth-order valence-corrected chi connectivity index (χ4v) is 3.51. The molecular weight excluding hydrogens is 304 g/mol. The molecule has 1 aromatic carbocycles. The predicted octanol–water partition coefficient (Wildman–Crippen LogP) is 4.96. The number of benzene rings is 1. The van der Waals surface area contributed by atoms with Gasteiger partial charge >= 0.3 is 0 Å². The maximum absolute atomic E-state index is 6.42. The molecule has 0 aromatic heterocycles. The number of ether oxygens (including phenoxy) is 2. The van der Waals surface area contributed by atoms with Gasteiger partial charge in [-0.05, 0) is 41.4 Å². The minimum Gasteiger partial charge on any atom is -0.497 e. The van der Waals surface area contributed by atoms with Crippen molar-refractivity contribution in [2.75, 3.05) is 20.3 Å². The molecule has 128 valence electrons. The van der Waals surface area contributed by atoms with E-state index in [2.05, 4.69) is 52.6 Å². The zero-order valence-electron chi connectivity index (χ0n) is 15.3. The Balaban J connectivity index is 2.10. The van der Waals surface area contributed by atoms with Crippen molar-refractivity contribution in [2.45, 2.75) is 45.0 Å². The fourth-order valence-electron chi connectivity index (χ4n) is 2.48. The Bertz CT molecular complexity index is 543. The fraction of sp³-hybridized carbons (Fsp3) is 0.579. The zero-order valence-corrected chi connectivity index (χ0v) is 16.3. The summed E-state index contributed by atoms with van der Waals surface area (Å²) in [6, 6.07) is 8.10. The van der Waals surface area contributed by atoms with Crippen LogP contribution >= 0.6 is 0 Å². The highest BCUT2D eigenvalue weighted by Gasteiger charge is 2.40. The van der Waals surface area contributed by atoms with Crippen molar-refractivity contribution in [1.29, 1.82) is 0 Å². The maximum atomic E-state index is 6.42. The summed E-state index contributed by atoms with van der Waals surface area (Å²) in [6.45, 7) is 16.9. The van der Waals surface area contributed by atoms with Crippen LogP contribution in [-0.2, 0) is 9.16 Å². The third-order valence-electron chi connectivity index (χ3n) is 5.21. The van der Waals surface area contributed by atoms with Crippen molar-refractivity contribution in [2.24, 2.45) is 5.92 Å². The van der Waals surface area contributed by atoms with Gasteiger partial charge in [-0.25, -0.2) is 0 Å². The molecular formula is C19H30O3Si. The molecule has 0 spiro atoms. The van der Waals surface area contributed by atoms with Crippen LogP contribution in [0.4, 0.5) is 0 Å². The van der Waals surface area contributed by atoms with Crippen LogP contribution in [0.2, 0.25) is 18.1 Å². The lowest BCUT2D eigenvalue weighted by atomic mass is 9.93.